The number of hydrogen-bond acceptors (Lipinski definition) is 3. The lowest BCUT2D eigenvalue weighted by molar-refractivity contribution is -0.119. The number of benzene rings is 4. The van der Waals surface area contributed by atoms with Crippen LogP contribution in [0.15, 0.2) is 126 Å². The van der Waals surface area contributed by atoms with Crippen molar-refractivity contribution in [1.29, 1.82) is 0 Å². The monoisotopic (exact) mass is 618 g/mol. The number of para-hydroxylation sites is 1. The molecule has 8 rings (SSSR count). The van der Waals surface area contributed by atoms with E-state index in [9.17, 15) is 9.59 Å². The van der Waals surface area contributed by atoms with Crippen molar-refractivity contribution in [2.75, 3.05) is 0 Å². The van der Waals surface area contributed by atoms with Crippen LogP contribution in [-0.2, 0) is 22.7 Å². The predicted molar refractivity (Wildman–Crippen MR) is 190 cm³/mol. The molecule has 236 valence electrons. The smallest absolute Gasteiger partial charge is 0.162 e. The Bertz CT molecular complexity index is 2080. The molecule has 0 saturated heterocycles. The van der Waals surface area contributed by atoms with E-state index in [-0.39, 0.29) is 28.3 Å². The zero-order valence-electron chi connectivity index (χ0n) is 27.8. The van der Waals surface area contributed by atoms with Crippen molar-refractivity contribution in [2.45, 2.75) is 72.4 Å². The van der Waals surface area contributed by atoms with E-state index in [2.05, 4.69) is 134 Å². The molecule has 2 aliphatic carbocycles. The van der Waals surface area contributed by atoms with Crippen LogP contribution >= 0.6 is 0 Å². The van der Waals surface area contributed by atoms with Gasteiger partial charge in [0.25, 0.3) is 0 Å². The lowest BCUT2D eigenvalue weighted by Gasteiger charge is -2.49. The van der Waals surface area contributed by atoms with E-state index in [1.54, 1.807) is 0 Å². The first-order valence-corrected chi connectivity index (χ1v) is 17.0. The van der Waals surface area contributed by atoms with Crippen LogP contribution in [0.1, 0.15) is 76.0 Å². The zero-order valence-corrected chi connectivity index (χ0v) is 27.8. The molecule has 1 aromatic heterocycles. The maximum atomic E-state index is 14.5. The molecule has 0 fully saturated rings. The maximum Gasteiger partial charge on any atom is 0.162 e. The van der Waals surface area contributed by atoms with Gasteiger partial charge in [0.05, 0.1) is 0 Å². The SMILES string of the molecule is CC1(C)CC(=O)C2=C(C1)N(Cc1ccccc1)C1=C(C(=O)CC(C)(C)C1)C2c1cn(Cc2cccc3ccccc23)c2ccccc12. The van der Waals surface area contributed by atoms with Gasteiger partial charge in [-0.05, 0) is 57.2 Å². The topological polar surface area (TPSA) is 42.3 Å². The minimum atomic E-state index is -0.377. The Labute approximate surface area is 277 Å². The highest BCUT2D eigenvalue weighted by atomic mass is 16.1. The highest BCUT2D eigenvalue weighted by molar-refractivity contribution is 6.08. The lowest BCUT2D eigenvalue weighted by Crippen LogP contribution is -2.44. The van der Waals surface area contributed by atoms with Crippen LogP contribution in [-0.4, -0.2) is 21.0 Å². The minimum absolute atomic E-state index is 0.163. The van der Waals surface area contributed by atoms with Crippen LogP contribution in [0.2, 0.25) is 0 Å². The molecule has 0 spiro atoms. The minimum Gasteiger partial charge on any atom is -0.343 e. The summed E-state index contributed by atoms with van der Waals surface area (Å²) >= 11 is 0. The van der Waals surface area contributed by atoms with Crippen LogP contribution in [0.25, 0.3) is 21.7 Å². The first kappa shape index (κ1) is 29.7. The van der Waals surface area contributed by atoms with Crippen molar-refractivity contribution in [3.8, 4) is 0 Å². The fraction of sp³-hybridized carbons (Fsp3) is 0.302. The quantitative estimate of drug-likeness (QED) is 0.197. The van der Waals surface area contributed by atoms with E-state index < -0.39 is 0 Å². The van der Waals surface area contributed by atoms with Crippen LogP contribution in [0.4, 0.5) is 0 Å². The van der Waals surface area contributed by atoms with Gasteiger partial charge in [-0.3, -0.25) is 9.59 Å². The van der Waals surface area contributed by atoms with Gasteiger partial charge in [0.2, 0.25) is 0 Å². The van der Waals surface area contributed by atoms with Gasteiger partial charge in [0, 0.05) is 71.5 Å². The first-order valence-electron chi connectivity index (χ1n) is 17.0. The fourth-order valence-electron chi connectivity index (χ4n) is 8.57. The Hall–Kier alpha value is -4.70. The molecule has 2 heterocycles. The summed E-state index contributed by atoms with van der Waals surface area (Å²) in [7, 11) is 0. The number of aromatic nitrogens is 1. The third-order valence-corrected chi connectivity index (χ3v) is 10.6. The van der Waals surface area contributed by atoms with E-state index in [1.807, 2.05) is 6.07 Å². The predicted octanol–water partition coefficient (Wildman–Crippen LogP) is 9.73. The average molecular weight is 619 g/mol. The summed E-state index contributed by atoms with van der Waals surface area (Å²) in [5, 5.41) is 3.58. The van der Waals surface area contributed by atoms with Gasteiger partial charge in [0.15, 0.2) is 11.6 Å². The molecule has 0 radical (unpaired) electrons. The summed E-state index contributed by atoms with van der Waals surface area (Å²) in [6.45, 7) is 10.2. The lowest BCUT2D eigenvalue weighted by atomic mass is 9.63. The normalized spacial score (nSPS) is 19.4. The summed E-state index contributed by atoms with van der Waals surface area (Å²) in [5.74, 6) is -0.0262. The van der Waals surface area contributed by atoms with E-state index in [4.69, 9.17) is 0 Å². The van der Waals surface area contributed by atoms with Crippen molar-refractivity contribution in [3.05, 3.63) is 142 Å². The van der Waals surface area contributed by atoms with Gasteiger partial charge in [-0.15, -0.1) is 0 Å². The second-order valence-corrected chi connectivity index (χ2v) is 15.5. The van der Waals surface area contributed by atoms with E-state index in [1.165, 1.54) is 21.9 Å². The standard InChI is InChI=1S/C43H42N2O2/c1-42(2)21-35-40(37(46)23-42)39(41-36(22-43(3,4)24-38(41)47)45(35)25-28-13-6-5-7-14-28)33-27-44(34-20-11-10-19-32(33)34)26-30-17-12-16-29-15-8-9-18-31(29)30/h5-20,27,39H,21-26H2,1-4H3. The molecule has 47 heavy (non-hydrogen) atoms. The van der Waals surface area contributed by atoms with Gasteiger partial charge < -0.3 is 9.47 Å². The highest BCUT2D eigenvalue weighted by Gasteiger charge is 2.49. The van der Waals surface area contributed by atoms with Gasteiger partial charge in [-0.25, -0.2) is 0 Å². The Morgan fingerprint density at radius 3 is 1.87 bits per heavy atom. The molecule has 5 aromatic rings. The van der Waals surface area contributed by atoms with Crippen molar-refractivity contribution >= 4 is 33.2 Å². The Balaban J connectivity index is 1.36. The van der Waals surface area contributed by atoms with Gasteiger partial charge in [-0.1, -0.05) is 119 Å². The molecule has 0 amide bonds. The summed E-state index contributed by atoms with van der Waals surface area (Å²) < 4.78 is 2.33. The number of ketones is 2. The summed E-state index contributed by atoms with van der Waals surface area (Å²) in [6, 6.07) is 34.1. The Kier molecular flexibility index (Phi) is 6.91. The largest absolute Gasteiger partial charge is 0.343 e. The fourth-order valence-corrected chi connectivity index (χ4v) is 8.57. The molecular formula is C43H42N2O2. The van der Waals surface area contributed by atoms with Crippen molar-refractivity contribution in [2.24, 2.45) is 10.8 Å². The maximum absolute atomic E-state index is 14.5. The van der Waals surface area contributed by atoms with Crippen LogP contribution in [0.5, 0.6) is 0 Å². The first-order chi connectivity index (χ1) is 22.6. The molecule has 0 N–H and O–H groups in total. The van der Waals surface area contributed by atoms with Crippen LogP contribution in [0, 0.1) is 10.8 Å². The number of allylic oxidation sites excluding steroid dienone is 4. The second kappa shape index (κ2) is 10.9. The molecule has 0 saturated carbocycles. The highest BCUT2D eigenvalue weighted by Crippen LogP contribution is 2.55. The summed E-state index contributed by atoms with van der Waals surface area (Å²) in [5.41, 5.74) is 8.18. The third kappa shape index (κ3) is 5.15. The van der Waals surface area contributed by atoms with Crippen molar-refractivity contribution in [3.63, 3.8) is 0 Å². The molecule has 4 heteroatoms. The number of nitrogens with zero attached hydrogens (tertiary/aromatic N) is 2. The zero-order chi connectivity index (χ0) is 32.5. The van der Waals surface area contributed by atoms with Gasteiger partial charge >= 0.3 is 0 Å². The van der Waals surface area contributed by atoms with Gasteiger partial charge in [-0.2, -0.15) is 0 Å². The molecular weight excluding hydrogens is 576 g/mol. The Morgan fingerprint density at radius 1 is 0.617 bits per heavy atom. The summed E-state index contributed by atoms with van der Waals surface area (Å²) in [4.78, 5) is 31.4. The summed E-state index contributed by atoms with van der Waals surface area (Å²) in [6.07, 6.45) is 4.82. The molecule has 4 aromatic carbocycles. The third-order valence-electron chi connectivity index (χ3n) is 10.6. The van der Waals surface area contributed by atoms with Crippen LogP contribution < -0.4 is 0 Å². The van der Waals surface area contributed by atoms with E-state index in [0.717, 1.165) is 51.8 Å². The molecule has 0 bridgehead atoms. The number of fused-ring (bicyclic) bond motifs is 2. The molecule has 4 nitrogen and oxygen atoms in total. The van der Waals surface area contributed by atoms with Crippen molar-refractivity contribution < 1.29 is 9.59 Å². The Morgan fingerprint density at radius 2 is 1.19 bits per heavy atom. The van der Waals surface area contributed by atoms with E-state index in [0.29, 0.717) is 25.9 Å². The number of hydrogen-bond donors (Lipinski definition) is 0. The van der Waals surface area contributed by atoms with Crippen LogP contribution in [0.3, 0.4) is 0 Å². The molecule has 0 atom stereocenters. The molecule has 3 aliphatic rings. The molecule has 1 aliphatic heterocycles. The van der Waals surface area contributed by atoms with E-state index >= 15 is 0 Å². The van der Waals surface area contributed by atoms with Gasteiger partial charge in [0.1, 0.15) is 0 Å². The number of Topliss-reactive ketones (excluding diaryl/α,β-unsaturated/α-hetero) is 2. The second-order valence-electron chi connectivity index (χ2n) is 15.5. The number of carbonyl (C=O) groups excluding carboxylic acids is 2. The average Bonchev–Trinajstić information content (AvgIpc) is 3.39. The molecule has 0 unspecified atom stereocenters. The number of rotatable bonds is 5. The number of carbonyl (C=O) groups is 2. The van der Waals surface area contributed by atoms with Crippen molar-refractivity contribution in [1.82, 2.24) is 9.47 Å².